The first-order chi connectivity index (χ1) is 10.4. The fourth-order valence-corrected chi connectivity index (χ4v) is 2.88. The molecule has 0 bridgehead atoms. The molecule has 3 heteroatoms. The first kappa shape index (κ1) is 16.6. The van der Waals surface area contributed by atoms with Crippen LogP contribution in [-0.4, -0.2) is 18.1 Å². The van der Waals surface area contributed by atoms with Gasteiger partial charge >= 0.3 is 5.97 Å². The zero-order valence-electron chi connectivity index (χ0n) is 13.9. The van der Waals surface area contributed by atoms with Gasteiger partial charge in [0.25, 0.3) is 0 Å². The summed E-state index contributed by atoms with van der Waals surface area (Å²) >= 11 is 0. The number of carbonyl (C=O) groups is 1. The number of esters is 1. The summed E-state index contributed by atoms with van der Waals surface area (Å²) in [5, 5.41) is 3.53. The summed E-state index contributed by atoms with van der Waals surface area (Å²) in [5.41, 5.74) is 2.56. The number of rotatable bonds is 4. The summed E-state index contributed by atoms with van der Waals surface area (Å²) in [6.07, 6.45) is 5.38. The highest BCUT2D eigenvalue weighted by Gasteiger charge is 2.27. The lowest BCUT2D eigenvalue weighted by atomic mass is 9.87. The molecule has 1 saturated carbocycles. The summed E-state index contributed by atoms with van der Waals surface area (Å²) in [4.78, 5) is 11.5. The Morgan fingerprint density at radius 1 is 1.23 bits per heavy atom. The van der Waals surface area contributed by atoms with Crippen molar-refractivity contribution in [2.75, 3.05) is 5.32 Å². The smallest absolute Gasteiger partial charge is 0.330 e. The van der Waals surface area contributed by atoms with Crippen molar-refractivity contribution in [1.82, 2.24) is 0 Å². The number of carbonyl (C=O) groups excluding carboxylic acids is 1. The van der Waals surface area contributed by atoms with E-state index in [-0.39, 0.29) is 23.5 Å². The Bertz CT molecular complexity index is 513. The minimum absolute atomic E-state index is 0.0680. The van der Waals surface area contributed by atoms with Crippen LogP contribution in [0, 0.1) is 0 Å². The van der Waals surface area contributed by atoms with E-state index in [1.165, 1.54) is 18.1 Å². The van der Waals surface area contributed by atoms with E-state index in [9.17, 15) is 4.79 Å². The van der Waals surface area contributed by atoms with Gasteiger partial charge in [-0.1, -0.05) is 45.9 Å². The third-order valence-corrected chi connectivity index (χ3v) is 4.24. The van der Waals surface area contributed by atoms with Crippen LogP contribution in [0.4, 0.5) is 5.69 Å². The molecule has 0 saturated heterocycles. The van der Waals surface area contributed by atoms with Crippen LogP contribution in [-0.2, 0) is 14.9 Å². The van der Waals surface area contributed by atoms with Gasteiger partial charge in [0.15, 0.2) is 0 Å². The van der Waals surface area contributed by atoms with Crippen molar-refractivity contribution in [1.29, 1.82) is 0 Å². The molecule has 1 aliphatic carbocycles. The zero-order chi connectivity index (χ0) is 16.2. The highest BCUT2D eigenvalue weighted by Crippen LogP contribution is 2.27. The topological polar surface area (TPSA) is 38.3 Å². The van der Waals surface area contributed by atoms with Crippen LogP contribution in [0.15, 0.2) is 36.9 Å². The van der Waals surface area contributed by atoms with Crippen molar-refractivity contribution in [2.45, 2.75) is 64.0 Å². The molecule has 0 spiro atoms. The normalized spacial score (nSPS) is 22.0. The average Bonchev–Trinajstić information content (AvgIpc) is 2.49. The highest BCUT2D eigenvalue weighted by atomic mass is 16.5. The van der Waals surface area contributed by atoms with Crippen molar-refractivity contribution in [3.05, 3.63) is 42.5 Å². The molecule has 0 amide bonds. The van der Waals surface area contributed by atoms with Crippen LogP contribution >= 0.6 is 0 Å². The van der Waals surface area contributed by atoms with Crippen LogP contribution in [0.5, 0.6) is 0 Å². The van der Waals surface area contributed by atoms with Crippen LogP contribution in [0.2, 0.25) is 0 Å². The fourth-order valence-electron chi connectivity index (χ4n) is 2.88. The monoisotopic (exact) mass is 301 g/mol. The van der Waals surface area contributed by atoms with Crippen LogP contribution in [0.25, 0.3) is 0 Å². The average molecular weight is 301 g/mol. The summed E-state index contributed by atoms with van der Waals surface area (Å²) in [6.45, 7) is 10.1. The van der Waals surface area contributed by atoms with Crippen molar-refractivity contribution < 1.29 is 9.53 Å². The van der Waals surface area contributed by atoms with Gasteiger partial charge in [-0.3, -0.25) is 0 Å². The number of nitrogens with one attached hydrogen (secondary N) is 1. The van der Waals surface area contributed by atoms with Gasteiger partial charge in [-0.05, 0) is 42.4 Å². The Hall–Kier alpha value is -1.77. The van der Waals surface area contributed by atoms with E-state index in [0.717, 1.165) is 24.9 Å². The first-order valence-electron chi connectivity index (χ1n) is 8.10. The molecule has 1 aromatic carbocycles. The molecule has 2 rings (SSSR count). The summed E-state index contributed by atoms with van der Waals surface area (Å²) in [7, 11) is 0. The maximum Gasteiger partial charge on any atom is 0.330 e. The predicted molar refractivity (Wildman–Crippen MR) is 91.1 cm³/mol. The number of anilines is 1. The van der Waals surface area contributed by atoms with Crippen molar-refractivity contribution in [3.63, 3.8) is 0 Å². The van der Waals surface area contributed by atoms with Gasteiger partial charge in [0.2, 0.25) is 0 Å². The summed E-state index contributed by atoms with van der Waals surface area (Å²) < 4.78 is 5.48. The standard InChI is InChI=1S/C19H27NO2/c1-5-18(21)22-17-9-7-6-8-16(17)20-15-12-10-14(11-13-15)19(2,3)4/h5,10-13,16-17,20H,1,6-9H2,2-4H3. The third-order valence-electron chi connectivity index (χ3n) is 4.24. The third kappa shape index (κ3) is 4.36. The molecule has 0 radical (unpaired) electrons. The van der Waals surface area contributed by atoms with E-state index in [0.29, 0.717) is 0 Å². The van der Waals surface area contributed by atoms with Gasteiger partial charge in [-0.2, -0.15) is 0 Å². The van der Waals surface area contributed by atoms with Crippen LogP contribution in [0.1, 0.15) is 52.0 Å². The lowest BCUT2D eigenvalue weighted by molar-refractivity contribution is -0.144. The Morgan fingerprint density at radius 3 is 2.45 bits per heavy atom. The van der Waals surface area contributed by atoms with Gasteiger partial charge in [-0.15, -0.1) is 0 Å². The zero-order valence-corrected chi connectivity index (χ0v) is 13.9. The molecule has 3 nitrogen and oxygen atoms in total. The van der Waals surface area contributed by atoms with Gasteiger partial charge in [-0.25, -0.2) is 4.79 Å². The van der Waals surface area contributed by atoms with E-state index in [4.69, 9.17) is 4.74 Å². The molecule has 1 fully saturated rings. The maximum absolute atomic E-state index is 11.5. The molecule has 2 atom stereocenters. The fraction of sp³-hybridized carbons (Fsp3) is 0.526. The number of ether oxygens (including phenoxy) is 1. The quantitative estimate of drug-likeness (QED) is 0.660. The van der Waals surface area contributed by atoms with E-state index in [1.807, 2.05) is 0 Å². The lowest BCUT2D eigenvalue weighted by Crippen LogP contribution is -2.39. The van der Waals surface area contributed by atoms with Crippen molar-refractivity contribution in [3.8, 4) is 0 Å². The Kier molecular flexibility index (Phi) is 5.28. The van der Waals surface area contributed by atoms with Gasteiger partial charge in [0.1, 0.15) is 6.10 Å². The van der Waals surface area contributed by atoms with Crippen LogP contribution < -0.4 is 5.32 Å². The molecule has 0 aromatic heterocycles. The Labute approximate surface area is 133 Å². The highest BCUT2D eigenvalue weighted by molar-refractivity contribution is 5.81. The number of hydrogen-bond acceptors (Lipinski definition) is 3. The molecular formula is C19H27NO2. The lowest BCUT2D eigenvalue weighted by Gasteiger charge is -2.32. The minimum Gasteiger partial charge on any atom is -0.457 e. The second kappa shape index (κ2) is 6.99. The molecule has 120 valence electrons. The largest absolute Gasteiger partial charge is 0.457 e. The molecular weight excluding hydrogens is 274 g/mol. The summed E-state index contributed by atoms with van der Waals surface area (Å²) in [5.74, 6) is -0.332. The molecule has 1 aliphatic rings. The summed E-state index contributed by atoms with van der Waals surface area (Å²) in [6, 6.07) is 8.73. The van der Waals surface area contributed by atoms with Gasteiger partial charge in [0, 0.05) is 11.8 Å². The Balaban J connectivity index is 2.03. The number of hydrogen-bond donors (Lipinski definition) is 1. The van der Waals surface area contributed by atoms with Crippen molar-refractivity contribution >= 4 is 11.7 Å². The van der Waals surface area contributed by atoms with E-state index >= 15 is 0 Å². The molecule has 0 aliphatic heterocycles. The first-order valence-corrected chi connectivity index (χ1v) is 8.10. The maximum atomic E-state index is 11.5. The molecule has 1 N–H and O–H groups in total. The van der Waals surface area contributed by atoms with Gasteiger partial charge < -0.3 is 10.1 Å². The minimum atomic E-state index is -0.332. The van der Waals surface area contributed by atoms with Crippen molar-refractivity contribution in [2.24, 2.45) is 0 Å². The van der Waals surface area contributed by atoms with E-state index in [1.54, 1.807) is 0 Å². The Morgan fingerprint density at radius 2 is 1.86 bits per heavy atom. The SMILES string of the molecule is C=CC(=O)OC1CCCCC1Nc1ccc(C(C)(C)C)cc1. The van der Waals surface area contributed by atoms with Crippen LogP contribution in [0.3, 0.4) is 0 Å². The molecule has 0 heterocycles. The van der Waals surface area contributed by atoms with E-state index in [2.05, 4.69) is 56.9 Å². The molecule has 2 unspecified atom stereocenters. The predicted octanol–water partition coefficient (Wildman–Crippen LogP) is 4.44. The molecule has 1 aromatic rings. The van der Waals surface area contributed by atoms with E-state index < -0.39 is 0 Å². The second-order valence-electron chi connectivity index (χ2n) is 7.04. The van der Waals surface area contributed by atoms with Gasteiger partial charge in [0.05, 0.1) is 6.04 Å². The number of benzene rings is 1. The molecule has 22 heavy (non-hydrogen) atoms. The second-order valence-corrected chi connectivity index (χ2v) is 7.04.